The highest BCUT2D eigenvalue weighted by Crippen LogP contribution is 2.22. The highest BCUT2D eigenvalue weighted by Gasteiger charge is 2.20. The van der Waals surface area contributed by atoms with Crippen molar-refractivity contribution in [2.24, 2.45) is 13.0 Å². The van der Waals surface area contributed by atoms with Crippen molar-refractivity contribution >= 4 is 11.8 Å². The van der Waals surface area contributed by atoms with Gasteiger partial charge >= 0.3 is 5.97 Å². The average molecular weight is 280 g/mol. The predicted octanol–water partition coefficient (Wildman–Crippen LogP) is 1.57. The molecule has 0 radical (unpaired) electrons. The van der Waals surface area contributed by atoms with E-state index in [-0.39, 0.29) is 5.56 Å². The van der Waals surface area contributed by atoms with Crippen molar-refractivity contribution in [3.8, 4) is 0 Å². The lowest BCUT2D eigenvalue weighted by molar-refractivity contribution is 0.0697. The molecule has 20 heavy (non-hydrogen) atoms. The summed E-state index contributed by atoms with van der Waals surface area (Å²) in [5, 5.41) is 16.7. The maximum absolute atomic E-state index is 11.3. The van der Waals surface area contributed by atoms with Gasteiger partial charge in [-0.15, -0.1) is 0 Å². The van der Waals surface area contributed by atoms with Crippen molar-refractivity contribution in [3.05, 3.63) is 11.3 Å². The number of piperidine rings is 1. The Morgan fingerprint density at radius 2 is 2.05 bits per heavy atom. The number of anilines is 1. The number of nitrogens with zero attached hydrogens (tertiary/aromatic N) is 3. The van der Waals surface area contributed by atoms with Gasteiger partial charge in [0.25, 0.3) is 0 Å². The van der Waals surface area contributed by atoms with Crippen LogP contribution in [0.15, 0.2) is 0 Å². The van der Waals surface area contributed by atoms with Crippen molar-refractivity contribution in [2.75, 3.05) is 32.0 Å². The molecule has 0 amide bonds. The molecule has 0 atom stereocenters. The van der Waals surface area contributed by atoms with Gasteiger partial charge in [-0.3, -0.25) is 4.68 Å². The van der Waals surface area contributed by atoms with Gasteiger partial charge in [-0.25, -0.2) is 4.79 Å². The van der Waals surface area contributed by atoms with Gasteiger partial charge in [0, 0.05) is 13.6 Å². The Kier molecular flexibility index (Phi) is 4.65. The molecule has 0 spiro atoms. The number of aryl methyl sites for hydroxylation is 2. The normalized spacial score (nSPS) is 17.4. The molecule has 6 heteroatoms. The van der Waals surface area contributed by atoms with Gasteiger partial charge in [0.2, 0.25) is 0 Å². The Hall–Kier alpha value is -1.56. The number of hydrogen-bond acceptors (Lipinski definition) is 4. The number of likely N-dealkylation sites (tertiary alicyclic amines) is 1. The number of carbonyl (C=O) groups is 1. The first-order chi connectivity index (χ1) is 9.49. The second kappa shape index (κ2) is 6.26. The van der Waals surface area contributed by atoms with E-state index in [0.29, 0.717) is 11.5 Å². The summed E-state index contributed by atoms with van der Waals surface area (Å²) in [6, 6.07) is 0. The van der Waals surface area contributed by atoms with E-state index in [1.54, 1.807) is 18.7 Å². The van der Waals surface area contributed by atoms with Gasteiger partial charge in [-0.2, -0.15) is 5.10 Å². The summed E-state index contributed by atoms with van der Waals surface area (Å²) >= 11 is 0. The highest BCUT2D eigenvalue weighted by atomic mass is 16.4. The van der Waals surface area contributed by atoms with Crippen LogP contribution in [0.25, 0.3) is 0 Å². The van der Waals surface area contributed by atoms with E-state index in [4.69, 9.17) is 0 Å². The van der Waals surface area contributed by atoms with Crippen molar-refractivity contribution in [1.82, 2.24) is 14.7 Å². The molecule has 2 rings (SSSR count). The first-order valence-corrected chi connectivity index (χ1v) is 7.18. The van der Waals surface area contributed by atoms with Gasteiger partial charge in [0.15, 0.2) is 0 Å². The lowest BCUT2D eigenvalue weighted by Crippen LogP contribution is -2.31. The minimum Gasteiger partial charge on any atom is -0.477 e. The molecule has 1 aliphatic rings. The summed E-state index contributed by atoms with van der Waals surface area (Å²) in [6.45, 7) is 4.85. The third-order valence-electron chi connectivity index (χ3n) is 4.12. The van der Waals surface area contributed by atoms with Gasteiger partial charge in [-0.05, 0) is 52.2 Å². The highest BCUT2D eigenvalue weighted by molar-refractivity contribution is 5.94. The summed E-state index contributed by atoms with van der Waals surface area (Å²) < 4.78 is 1.62. The van der Waals surface area contributed by atoms with Crippen LogP contribution in [0.4, 0.5) is 5.82 Å². The molecule has 6 nitrogen and oxygen atoms in total. The smallest absolute Gasteiger partial charge is 0.341 e. The lowest BCUT2D eigenvalue weighted by atomic mass is 9.94. The quantitative estimate of drug-likeness (QED) is 0.856. The van der Waals surface area contributed by atoms with Crippen LogP contribution in [-0.4, -0.2) is 52.4 Å². The van der Waals surface area contributed by atoms with Crippen LogP contribution in [0.2, 0.25) is 0 Å². The Bertz CT molecular complexity index is 476. The van der Waals surface area contributed by atoms with E-state index in [1.165, 1.54) is 12.8 Å². The molecule has 0 unspecified atom stereocenters. The monoisotopic (exact) mass is 280 g/mol. The maximum Gasteiger partial charge on any atom is 0.341 e. The molecule has 0 bridgehead atoms. The van der Waals surface area contributed by atoms with E-state index >= 15 is 0 Å². The molecule has 1 saturated heterocycles. The van der Waals surface area contributed by atoms with Crippen LogP contribution < -0.4 is 5.32 Å². The molecule has 1 fully saturated rings. The summed E-state index contributed by atoms with van der Waals surface area (Å²) in [5.74, 6) is 0.432. The zero-order valence-corrected chi connectivity index (χ0v) is 12.5. The van der Waals surface area contributed by atoms with E-state index < -0.39 is 5.97 Å². The van der Waals surface area contributed by atoms with Crippen LogP contribution in [0.1, 0.15) is 35.3 Å². The number of carboxylic acid groups (broad SMARTS) is 1. The summed E-state index contributed by atoms with van der Waals surface area (Å²) in [4.78, 5) is 13.6. The lowest BCUT2D eigenvalue weighted by Gasteiger charge is -2.29. The van der Waals surface area contributed by atoms with E-state index in [2.05, 4.69) is 22.4 Å². The second-order valence-electron chi connectivity index (χ2n) is 5.70. The van der Waals surface area contributed by atoms with Crippen LogP contribution in [0, 0.1) is 12.8 Å². The second-order valence-corrected chi connectivity index (χ2v) is 5.70. The number of hydrogen-bond donors (Lipinski definition) is 2. The minimum absolute atomic E-state index is 0.288. The molecule has 0 aliphatic carbocycles. The summed E-state index contributed by atoms with van der Waals surface area (Å²) in [5.41, 5.74) is 0.845. The van der Waals surface area contributed by atoms with Gasteiger partial charge in [0.1, 0.15) is 11.4 Å². The topological polar surface area (TPSA) is 70.4 Å². The molecule has 0 saturated carbocycles. The van der Waals surface area contributed by atoms with Gasteiger partial charge in [-0.1, -0.05) is 0 Å². The van der Waals surface area contributed by atoms with Crippen molar-refractivity contribution in [2.45, 2.75) is 26.2 Å². The zero-order chi connectivity index (χ0) is 14.7. The van der Waals surface area contributed by atoms with Crippen molar-refractivity contribution in [1.29, 1.82) is 0 Å². The molecule has 112 valence electrons. The largest absolute Gasteiger partial charge is 0.477 e. The molecule has 1 aliphatic heterocycles. The van der Waals surface area contributed by atoms with Crippen molar-refractivity contribution in [3.63, 3.8) is 0 Å². The maximum atomic E-state index is 11.3. The molecular formula is C14H24N4O2. The number of aromatic carboxylic acids is 1. The molecule has 1 aromatic heterocycles. The Labute approximate surface area is 119 Å². The fourth-order valence-electron chi connectivity index (χ4n) is 2.86. The van der Waals surface area contributed by atoms with Gasteiger partial charge in [0.05, 0.1) is 5.69 Å². The molecular weight excluding hydrogens is 256 g/mol. The van der Waals surface area contributed by atoms with E-state index in [0.717, 1.165) is 32.0 Å². The fraction of sp³-hybridized carbons (Fsp3) is 0.714. The van der Waals surface area contributed by atoms with Crippen LogP contribution in [-0.2, 0) is 7.05 Å². The van der Waals surface area contributed by atoms with E-state index in [1.807, 2.05) is 0 Å². The molecule has 1 aromatic rings. The minimum atomic E-state index is -0.919. The van der Waals surface area contributed by atoms with E-state index in [9.17, 15) is 9.90 Å². The Morgan fingerprint density at radius 3 is 2.65 bits per heavy atom. The van der Waals surface area contributed by atoms with Crippen LogP contribution in [0.3, 0.4) is 0 Å². The first kappa shape index (κ1) is 14.8. The number of aromatic nitrogens is 2. The van der Waals surface area contributed by atoms with Crippen LogP contribution in [0.5, 0.6) is 0 Å². The fourth-order valence-corrected chi connectivity index (χ4v) is 2.86. The number of nitrogens with one attached hydrogen (secondary N) is 1. The predicted molar refractivity (Wildman–Crippen MR) is 78.2 cm³/mol. The standard InChI is InChI=1S/C14H24N4O2/c1-10-12(14(19)20)13(18(3)16-10)15-7-4-11-5-8-17(2)9-6-11/h11,15H,4-9H2,1-3H3,(H,19,20). The van der Waals surface area contributed by atoms with Gasteiger partial charge < -0.3 is 15.3 Å². The molecule has 0 aromatic carbocycles. The third kappa shape index (κ3) is 3.30. The third-order valence-corrected chi connectivity index (χ3v) is 4.12. The Balaban J connectivity index is 1.90. The zero-order valence-electron chi connectivity index (χ0n) is 12.5. The SMILES string of the molecule is Cc1nn(C)c(NCCC2CCN(C)CC2)c1C(=O)O. The van der Waals surface area contributed by atoms with Crippen molar-refractivity contribution < 1.29 is 9.90 Å². The molecule has 2 heterocycles. The number of carboxylic acids is 1. The average Bonchev–Trinajstić information content (AvgIpc) is 2.66. The molecule has 2 N–H and O–H groups in total. The van der Waals surface area contributed by atoms with Crippen LogP contribution >= 0.6 is 0 Å². The number of rotatable bonds is 5. The summed E-state index contributed by atoms with van der Waals surface area (Å²) in [7, 11) is 3.93. The summed E-state index contributed by atoms with van der Waals surface area (Å²) in [6.07, 6.45) is 3.54. The Morgan fingerprint density at radius 1 is 1.40 bits per heavy atom. The first-order valence-electron chi connectivity index (χ1n) is 7.18.